The van der Waals surface area contributed by atoms with Crippen LogP contribution in [0.4, 0.5) is 4.79 Å². The molecule has 8 nitrogen and oxygen atoms in total. The van der Waals surface area contributed by atoms with Gasteiger partial charge in [-0.1, -0.05) is 30.5 Å². The molecule has 0 aromatic carbocycles. The van der Waals surface area contributed by atoms with Gasteiger partial charge < -0.3 is 26.1 Å². The summed E-state index contributed by atoms with van der Waals surface area (Å²) in [5, 5.41) is 6.03. The fourth-order valence-corrected chi connectivity index (χ4v) is 3.50. The molecule has 2 aliphatic rings. The zero-order valence-corrected chi connectivity index (χ0v) is 15.9. The van der Waals surface area contributed by atoms with Gasteiger partial charge in [-0.05, 0) is 25.3 Å². The van der Waals surface area contributed by atoms with Crippen LogP contribution in [-0.2, 0) is 9.53 Å². The van der Waals surface area contributed by atoms with E-state index in [0.717, 1.165) is 25.7 Å². The molecule has 0 saturated heterocycles. The average Bonchev–Trinajstić information content (AvgIpc) is 3.02. The van der Waals surface area contributed by atoms with E-state index >= 15 is 0 Å². The van der Waals surface area contributed by atoms with E-state index in [1.54, 1.807) is 6.08 Å². The van der Waals surface area contributed by atoms with Gasteiger partial charge in [0.05, 0.1) is 19.2 Å². The normalized spacial score (nSPS) is 23.4. The summed E-state index contributed by atoms with van der Waals surface area (Å²) in [7, 11) is 1.31. The van der Waals surface area contributed by atoms with E-state index in [4.69, 9.17) is 17.3 Å². The number of hydrogen-bond acceptors (Lipinski definition) is 5. The summed E-state index contributed by atoms with van der Waals surface area (Å²) in [6.45, 7) is 0. The number of hydrogen-bond donors (Lipinski definition) is 4. The third-order valence-corrected chi connectivity index (χ3v) is 4.97. The molecule has 0 spiro atoms. The minimum atomic E-state index is -0.532. The fourth-order valence-electron chi connectivity index (χ4n) is 3.26. The molecule has 0 radical (unpaired) electrons. The molecular weight excluding hydrogens is 370 g/mol. The highest BCUT2D eigenvalue weighted by Crippen LogP contribution is 2.32. The first-order valence-corrected chi connectivity index (χ1v) is 9.43. The SMILES string of the molecule is COC(=O)NC1C=C2NC(=O)CCCCC[C@H](N)c3nc(c(Cl)[nH]3)C2=CC1. The monoisotopic (exact) mass is 393 g/mol. The summed E-state index contributed by atoms with van der Waals surface area (Å²) in [6, 6.07) is -0.530. The molecule has 1 aromatic heterocycles. The molecule has 2 bridgehead atoms. The second kappa shape index (κ2) is 8.58. The van der Waals surface area contributed by atoms with Crippen LogP contribution in [0.5, 0.6) is 0 Å². The quantitative estimate of drug-likeness (QED) is 0.584. The maximum absolute atomic E-state index is 12.4. The number of alkyl carbamates (subject to hydrolysis) is 1. The number of methoxy groups -OCH3 is 1. The molecule has 2 heterocycles. The molecule has 146 valence electrons. The van der Waals surface area contributed by atoms with E-state index in [0.29, 0.717) is 40.8 Å². The van der Waals surface area contributed by atoms with Gasteiger partial charge in [0.2, 0.25) is 5.91 Å². The summed E-state index contributed by atoms with van der Waals surface area (Å²) >= 11 is 6.37. The van der Waals surface area contributed by atoms with E-state index in [-0.39, 0.29) is 18.0 Å². The number of rotatable bonds is 1. The number of carbonyl (C=O) groups excluding carboxylic acids is 2. The highest BCUT2D eigenvalue weighted by atomic mass is 35.5. The predicted molar refractivity (Wildman–Crippen MR) is 102 cm³/mol. The predicted octanol–water partition coefficient (Wildman–Crippen LogP) is 2.54. The lowest BCUT2D eigenvalue weighted by Crippen LogP contribution is -2.36. The number of imidazole rings is 1. The number of ether oxygens (including phenoxy) is 1. The van der Waals surface area contributed by atoms with E-state index in [1.165, 1.54) is 7.11 Å². The maximum Gasteiger partial charge on any atom is 0.407 e. The number of nitrogens with one attached hydrogen (secondary N) is 3. The first kappa shape index (κ1) is 19.4. The maximum atomic E-state index is 12.4. The summed E-state index contributed by atoms with van der Waals surface area (Å²) < 4.78 is 4.65. The van der Waals surface area contributed by atoms with Crippen molar-refractivity contribution in [3.8, 4) is 0 Å². The number of allylic oxidation sites excluding steroid dienone is 1. The van der Waals surface area contributed by atoms with Crippen LogP contribution in [0.1, 0.15) is 56.1 Å². The Bertz CT molecular complexity index is 786. The Morgan fingerprint density at radius 2 is 2.22 bits per heavy atom. The Kier molecular flexibility index (Phi) is 6.18. The number of nitrogens with two attached hydrogens (primary N) is 1. The van der Waals surface area contributed by atoms with Crippen molar-refractivity contribution < 1.29 is 14.3 Å². The van der Waals surface area contributed by atoms with Gasteiger partial charge in [-0.2, -0.15) is 0 Å². The first-order chi connectivity index (χ1) is 13.0. The standard InChI is InChI=1S/C18H24ClN5O3/c1-27-18(26)21-10-7-8-11-13(9-10)22-14(25)6-4-2-3-5-12(20)17-23-15(11)16(19)24-17/h8-10,12H,2-7,20H2,1H3,(H,21,26)(H,22,25)(H,23,24)/t10?,12-/m0/s1. The van der Waals surface area contributed by atoms with Gasteiger partial charge in [0.15, 0.2) is 0 Å². The summed E-state index contributed by atoms with van der Waals surface area (Å²) in [4.78, 5) is 31.5. The van der Waals surface area contributed by atoms with E-state index in [2.05, 4.69) is 25.3 Å². The van der Waals surface area contributed by atoms with Gasteiger partial charge in [-0.15, -0.1) is 0 Å². The fraction of sp³-hybridized carbons (Fsp3) is 0.500. The van der Waals surface area contributed by atoms with Crippen LogP contribution in [-0.4, -0.2) is 35.1 Å². The molecule has 2 amide bonds. The van der Waals surface area contributed by atoms with Gasteiger partial charge in [0, 0.05) is 17.7 Å². The minimum Gasteiger partial charge on any atom is -0.453 e. The van der Waals surface area contributed by atoms with Gasteiger partial charge >= 0.3 is 6.09 Å². The number of carbonyl (C=O) groups is 2. The number of aromatic nitrogens is 2. The number of halogens is 1. The molecule has 5 N–H and O–H groups in total. The molecule has 9 heteroatoms. The number of fused-ring (bicyclic) bond motifs is 4. The zero-order chi connectivity index (χ0) is 19.4. The van der Waals surface area contributed by atoms with Crippen LogP contribution < -0.4 is 16.4 Å². The van der Waals surface area contributed by atoms with Crippen molar-refractivity contribution in [3.05, 3.63) is 34.5 Å². The van der Waals surface area contributed by atoms with E-state index in [9.17, 15) is 9.59 Å². The van der Waals surface area contributed by atoms with Crippen LogP contribution in [0.2, 0.25) is 5.15 Å². The highest BCUT2D eigenvalue weighted by Gasteiger charge is 2.25. The van der Waals surface area contributed by atoms with E-state index in [1.807, 2.05) is 6.08 Å². The van der Waals surface area contributed by atoms with Crippen molar-refractivity contribution in [2.45, 2.75) is 50.6 Å². The first-order valence-electron chi connectivity index (χ1n) is 9.06. The number of H-pyrrole nitrogens is 1. The molecule has 1 aromatic rings. The van der Waals surface area contributed by atoms with Crippen molar-refractivity contribution in [2.75, 3.05) is 7.11 Å². The van der Waals surface area contributed by atoms with Crippen molar-refractivity contribution in [1.82, 2.24) is 20.6 Å². The molecule has 27 heavy (non-hydrogen) atoms. The van der Waals surface area contributed by atoms with Crippen molar-refractivity contribution in [2.24, 2.45) is 5.73 Å². The molecule has 0 saturated carbocycles. The Balaban J connectivity index is 1.94. The van der Waals surface area contributed by atoms with Gasteiger partial charge in [0.1, 0.15) is 16.7 Å². The Hall–Kier alpha value is -2.32. The Labute approximate surface area is 162 Å². The van der Waals surface area contributed by atoms with Crippen molar-refractivity contribution in [3.63, 3.8) is 0 Å². The molecule has 3 rings (SSSR count). The molecule has 1 aliphatic heterocycles. The topological polar surface area (TPSA) is 122 Å². The molecule has 1 aliphatic carbocycles. The summed E-state index contributed by atoms with van der Waals surface area (Å²) in [5.74, 6) is 0.553. The smallest absolute Gasteiger partial charge is 0.407 e. The lowest BCUT2D eigenvalue weighted by molar-refractivity contribution is -0.120. The molecular formula is C18H24ClN5O3. The Morgan fingerprint density at radius 3 is 3.00 bits per heavy atom. The third-order valence-electron chi connectivity index (χ3n) is 4.70. The largest absolute Gasteiger partial charge is 0.453 e. The van der Waals surface area contributed by atoms with Gasteiger partial charge in [-0.25, -0.2) is 9.78 Å². The van der Waals surface area contributed by atoms with Crippen LogP contribution in [0.3, 0.4) is 0 Å². The van der Waals surface area contributed by atoms with Gasteiger partial charge in [-0.3, -0.25) is 4.79 Å². The summed E-state index contributed by atoms with van der Waals surface area (Å²) in [5.41, 5.74) is 8.06. The number of nitrogens with zero attached hydrogens (tertiary/aromatic N) is 1. The average molecular weight is 394 g/mol. The van der Waals surface area contributed by atoms with Crippen molar-refractivity contribution in [1.29, 1.82) is 0 Å². The number of aromatic amines is 1. The minimum absolute atomic E-state index is 0.0821. The zero-order valence-electron chi connectivity index (χ0n) is 15.2. The lowest BCUT2D eigenvalue weighted by Gasteiger charge is -2.22. The van der Waals surface area contributed by atoms with E-state index < -0.39 is 6.09 Å². The lowest BCUT2D eigenvalue weighted by atomic mass is 9.97. The third kappa shape index (κ3) is 4.70. The molecule has 1 unspecified atom stereocenters. The molecule has 2 atom stereocenters. The second-order valence-corrected chi connectivity index (χ2v) is 7.09. The van der Waals surface area contributed by atoms with Gasteiger partial charge in [0.25, 0.3) is 0 Å². The van der Waals surface area contributed by atoms with Crippen LogP contribution in [0.15, 0.2) is 17.8 Å². The highest BCUT2D eigenvalue weighted by molar-refractivity contribution is 6.31. The number of amides is 2. The second-order valence-electron chi connectivity index (χ2n) is 6.71. The van der Waals surface area contributed by atoms with Crippen LogP contribution in [0, 0.1) is 0 Å². The van der Waals surface area contributed by atoms with Crippen LogP contribution >= 0.6 is 11.6 Å². The van der Waals surface area contributed by atoms with Crippen LogP contribution in [0.25, 0.3) is 5.57 Å². The summed E-state index contributed by atoms with van der Waals surface area (Å²) in [6.07, 6.45) is 7.49. The molecule has 0 fully saturated rings. The Morgan fingerprint density at radius 1 is 1.41 bits per heavy atom. The van der Waals surface area contributed by atoms with Crippen molar-refractivity contribution >= 4 is 29.2 Å².